The van der Waals surface area contributed by atoms with Gasteiger partial charge < -0.3 is 19.6 Å². The van der Waals surface area contributed by atoms with Crippen molar-refractivity contribution in [3.8, 4) is 0 Å². The molecule has 0 spiro atoms. The predicted molar refractivity (Wildman–Crippen MR) is 95.2 cm³/mol. The summed E-state index contributed by atoms with van der Waals surface area (Å²) in [6.45, 7) is 8.64. The molecule has 1 amide bonds. The molecule has 2 aliphatic heterocycles. The van der Waals surface area contributed by atoms with Gasteiger partial charge in [0.15, 0.2) is 6.10 Å². The Morgan fingerprint density at radius 2 is 1.81 bits per heavy atom. The van der Waals surface area contributed by atoms with E-state index in [0.29, 0.717) is 39.0 Å². The van der Waals surface area contributed by atoms with Gasteiger partial charge in [-0.1, -0.05) is 13.8 Å². The number of aryl methyl sites for hydroxylation is 1. The molecule has 0 bridgehead atoms. The van der Waals surface area contributed by atoms with Gasteiger partial charge in [0.1, 0.15) is 17.7 Å². The lowest BCUT2D eigenvalue weighted by Gasteiger charge is -2.36. The number of nitrogens with zero attached hydrogens (tertiary/aromatic N) is 4. The number of piperazine rings is 1. The zero-order valence-corrected chi connectivity index (χ0v) is 15.5. The van der Waals surface area contributed by atoms with Gasteiger partial charge in [-0.2, -0.15) is 0 Å². The standard InChI is InChI=1S/C18H26N4O4/c1-11(2)16-19-12(3)10-15(20-16)21-6-8-22(9-7-21)17(23)13-4-5-14(26-13)18(24)25/h10-11,13-14H,4-9H2,1-3H3,(H,24,25)/t13-,14+/m0/s1. The number of carboxylic acid groups (broad SMARTS) is 1. The van der Waals surface area contributed by atoms with Crippen LogP contribution in [-0.2, 0) is 14.3 Å². The first-order valence-electron chi connectivity index (χ1n) is 9.12. The number of ether oxygens (including phenoxy) is 1. The van der Waals surface area contributed by atoms with Crippen molar-refractivity contribution in [1.29, 1.82) is 0 Å². The second-order valence-electron chi connectivity index (χ2n) is 7.22. The number of amides is 1. The van der Waals surface area contributed by atoms with E-state index >= 15 is 0 Å². The number of anilines is 1. The highest BCUT2D eigenvalue weighted by Gasteiger charge is 2.37. The minimum atomic E-state index is -0.995. The molecule has 1 aromatic heterocycles. The Morgan fingerprint density at radius 1 is 1.15 bits per heavy atom. The molecule has 2 fully saturated rings. The van der Waals surface area contributed by atoms with E-state index in [0.717, 1.165) is 17.3 Å². The molecule has 1 N–H and O–H groups in total. The monoisotopic (exact) mass is 362 g/mol. The van der Waals surface area contributed by atoms with Crippen molar-refractivity contribution in [2.45, 2.75) is 51.7 Å². The number of rotatable bonds is 4. The quantitative estimate of drug-likeness (QED) is 0.859. The number of hydrogen-bond donors (Lipinski definition) is 1. The summed E-state index contributed by atoms with van der Waals surface area (Å²) in [5.74, 6) is 0.896. The third kappa shape index (κ3) is 3.95. The topological polar surface area (TPSA) is 95.9 Å². The van der Waals surface area contributed by atoms with Crippen LogP contribution in [0.2, 0.25) is 0 Å². The maximum absolute atomic E-state index is 12.6. The molecular weight excluding hydrogens is 336 g/mol. The normalized spacial score (nSPS) is 23.5. The Morgan fingerprint density at radius 3 is 2.38 bits per heavy atom. The predicted octanol–water partition coefficient (Wildman–Crippen LogP) is 1.19. The second kappa shape index (κ2) is 7.57. The summed E-state index contributed by atoms with van der Waals surface area (Å²) in [6, 6.07) is 1.97. The van der Waals surface area contributed by atoms with Crippen LogP contribution in [0.15, 0.2) is 6.07 Å². The zero-order valence-electron chi connectivity index (χ0n) is 15.5. The van der Waals surface area contributed by atoms with Crippen LogP contribution < -0.4 is 4.90 Å². The van der Waals surface area contributed by atoms with Gasteiger partial charge in [-0.05, 0) is 19.8 Å². The van der Waals surface area contributed by atoms with Crippen molar-refractivity contribution in [1.82, 2.24) is 14.9 Å². The van der Waals surface area contributed by atoms with Gasteiger partial charge in [-0.15, -0.1) is 0 Å². The van der Waals surface area contributed by atoms with Crippen molar-refractivity contribution < 1.29 is 19.4 Å². The Balaban J connectivity index is 1.59. The molecule has 3 rings (SSSR count). The zero-order chi connectivity index (χ0) is 18.8. The molecule has 26 heavy (non-hydrogen) atoms. The number of carbonyl (C=O) groups excluding carboxylic acids is 1. The summed E-state index contributed by atoms with van der Waals surface area (Å²) in [4.78, 5) is 36.6. The molecule has 0 aromatic carbocycles. The highest BCUT2D eigenvalue weighted by molar-refractivity contribution is 5.83. The van der Waals surface area contributed by atoms with Crippen LogP contribution in [0.25, 0.3) is 0 Å². The molecule has 0 radical (unpaired) electrons. The minimum Gasteiger partial charge on any atom is -0.479 e. The number of carboxylic acids is 1. The van der Waals surface area contributed by atoms with Gasteiger partial charge >= 0.3 is 5.97 Å². The first-order chi connectivity index (χ1) is 12.3. The van der Waals surface area contributed by atoms with E-state index in [1.54, 1.807) is 4.90 Å². The van der Waals surface area contributed by atoms with Gasteiger partial charge in [-0.25, -0.2) is 14.8 Å². The van der Waals surface area contributed by atoms with Crippen LogP contribution in [0.5, 0.6) is 0 Å². The molecule has 0 saturated carbocycles. The first kappa shape index (κ1) is 18.6. The summed E-state index contributed by atoms with van der Waals surface area (Å²) in [5, 5.41) is 9.00. The van der Waals surface area contributed by atoms with Crippen molar-refractivity contribution >= 4 is 17.7 Å². The van der Waals surface area contributed by atoms with Crippen molar-refractivity contribution in [2.24, 2.45) is 0 Å². The molecule has 2 saturated heterocycles. The number of carbonyl (C=O) groups is 2. The summed E-state index contributed by atoms with van der Waals surface area (Å²) >= 11 is 0. The Hall–Kier alpha value is -2.22. The molecular formula is C18H26N4O4. The van der Waals surface area contributed by atoms with E-state index in [9.17, 15) is 9.59 Å². The molecule has 8 nitrogen and oxygen atoms in total. The van der Waals surface area contributed by atoms with Crippen LogP contribution in [0.4, 0.5) is 5.82 Å². The van der Waals surface area contributed by atoms with Gasteiger partial charge in [0.25, 0.3) is 5.91 Å². The maximum atomic E-state index is 12.6. The van der Waals surface area contributed by atoms with E-state index in [-0.39, 0.29) is 11.8 Å². The molecule has 1 aromatic rings. The fourth-order valence-corrected chi connectivity index (χ4v) is 3.35. The van der Waals surface area contributed by atoms with E-state index in [1.807, 2.05) is 13.0 Å². The lowest BCUT2D eigenvalue weighted by atomic mass is 10.1. The maximum Gasteiger partial charge on any atom is 0.332 e. The Kier molecular flexibility index (Phi) is 5.41. The largest absolute Gasteiger partial charge is 0.479 e. The molecule has 142 valence electrons. The van der Waals surface area contributed by atoms with Gasteiger partial charge in [0.05, 0.1) is 0 Å². The Bertz CT molecular complexity index is 686. The van der Waals surface area contributed by atoms with Crippen molar-refractivity contribution in [3.63, 3.8) is 0 Å². The summed E-state index contributed by atoms with van der Waals surface area (Å²) in [7, 11) is 0. The Labute approximate surface area is 153 Å². The highest BCUT2D eigenvalue weighted by atomic mass is 16.5. The summed E-state index contributed by atoms with van der Waals surface area (Å²) in [5.41, 5.74) is 0.941. The summed E-state index contributed by atoms with van der Waals surface area (Å²) in [6.07, 6.45) is -0.622. The third-order valence-electron chi connectivity index (χ3n) is 4.86. The van der Waals surface area contributed by atoms with Crippen molar-refractivity contribution in [3.05, 3.63) is 17.6 Å². The fraction of sp³-hybridized carbons (Fsp3) is 0.667. The number of hydrogen-bond acceptors (Lipinski definition) is 6. The van der Waals surface area contributed by atoms with Gasteiger partial charge in [0.2, 0.25) is 0 Å². The second-order valence-corrected chi connectivity index (χ2v) is 7.22. The molecule has 3 heterocycles. The van der Waals surface area contributed by atoms with Crippen LogP contribution in [0.1, 0.15) is 44.1 Å². The lowest BCUT2D eigenvalue weighted by Crippen LogP contribution is -2.51. The first-order valence-corrected chi connectivity index (χ1v) is 9.12. The average Bonchev–Trinajstić information content (AvgIpc) is 3.11. The molecule has 0 aliphatic carbocycles. The summed E-state index contributed by atoms with van der Waals surface area (Å²) < 4.78 is 5.38. The highest BCUT2D eigenvalue weighted by Crippen LogP contribution is 2.23. The van der Waals surface area contributed by atoms with E-state index in [2.05, 4.69) is 28.7 Å². The molecule has 2 aliphatic rings. The average molecular weight is 362 g/mol. The SMILES string of the molecule is Cc1cc(N2CCN(C(=O)[C@@H]3CC[C@H](C(=O)O)O3)CC2)nc(C(C)C)n1. The van der Waals surface area contributed by atoms with Crippen LogP contribution in [-0.4, -0.2) is 70.2 Å². The minimum absolute atomic E-state index is 0.102. The molecule has 8 heteroatoms. The third-order valence-corrected chi connectivity index (χ3v) is 4.86. The van der Waals surface area contributed by atoms with Crippen LogP contribution in [0.3, 0.4) is 0 Å². The van der Waals surface area contributed by atoms with E-state index in [4.69, 9.17) is 9.84 Å². The number of aromatic nitrogens is 2. The van der Waals surface area contributed by atoms with Gasteiger partial charge in [-0.3, -0.25) is 4.79 Å². The smallest absolute Gasteiger partial charge is 0.332 e. The van der Waals surface area contributed by atoms with E-state index in [1.165, 1.54) is 0 Å². The molecule has 2 atom stereocenters. The van der Waals surface area contributed by atoms with Crippen LogP contribution in [0, 0.1) is 6.92 Å². The van der Waals surface area contributed by atoms with Gasteiger partial charge in [0, 0.05) is 43.9 Å². The number of aliphatic carboxylic acids is 1. The lowest BCUT2D eigenvalue weighted by molar-refractivity contribution is -0.154. The molecule has 0 unspecified atom stereocenters. The van der Waals surface area contributed by atoms with Crippen LogP contribution >= 0.6 is 0 Å². The van der Waals surface area contributed by atoms with E-state index < -0.39 is 18.2 Å². The fourth-order valence-electron chi connectivity index (χ4n) is 3.35. The van der Waals surface area contributed by atoms with Crippen molar-refractivity contribution in [2.75, 3.05) is 31.1 Å².